The maximum Gasteiger partial charge on any atom is 0.266 e. The fourth-order valence-corrected chi connectivity index (χ4v) is 3.40. The van der Waals surface area contributed by atoms with Crippen molar-refractivity contribution in [2.24, 2.45) is 0 Å². The summed E-state index contributed by atoms with van der Waals surface area (Å²) in [6, 6.07) is 17.3. The second kappa shape index (κ2) is 7.96. The van der Waals surface area contributed by atoms with Crippen molar-refractivity contribution in [2.75, 3.05) is 40.3 Å². The number of methoxy groups -OCH3 is 1. The van der Waals surface area contributed by atoms with Crippen molar-refractivity contribution in [2.45, 2.75) is 0 Å². The van der Waals surface area contributed by atoms with Crippen LogP contribution in [0.5, 0.6) is 5.75 Å². The lowest BCUT2D eigenvalue weighted by Gasteiger charge is -2.32. The van der Waals surface area contributed by atoms with Crippen LogP contribution >= 0.6 is 0 Å². The lowest BCUT2D eigenvalue weighted by atomic mass is 10.0. The fourth-order valence-electron chi connectivity index (χ4n) is 3.40. The summed E-state index contributed by atoms with van der Waals surface area (Å²) in [6.45, 7) is 3.51. The number of rotatable bonds is 4. The van der Waals surface area contributed by atoms with Gasteiger partial charge in [-0.2, -0.15) is 0 Å². The molecule has 0 saturated carbocycles. The van der Waals surface area contributed by atoms with Gasteiger partial charge in [0.05, 0.1) is 23.9 Å². The molecule has 6 nitrogen and oxygen atoms in total. The zero-order valence-corrected chi connectivity index (χ0v) is 16.2. The molecule has 1 amide bonds. The van der Waals surface area contributed by atoms with Gasteiger partial charge in [0, 0.05) is 37.1 Å². The molecule has 0 aliphatic carbocycles. The molecule has 0 atom stereocenters. The van der Waals surface area contributed by atoms with Crippen molar-refractivity contribution in [3.63, 3.8) is 0 Å². The molecule has 4 rings (SSSR count). The highest BCUT2D eigenvalue weighted by Crippen LogP contribution is 2.26. The SMILES string of the molecule is COc1ccc(-c2cc(C(=O)NN3CCN(C)CC3)c3ccccc3n2)cc1. The van der Waals surface area contributed by atoms with E-state index in [1.54, 1.807) is 7.11 Å². The zero-order chi connectivity index (χ0) is 19.5. The number of pyridine rings is 1. The number of amides is 1. The van der Waals surface area contributed by atoms with Gasteiger partial charge >= 0.3 is 0 Å². The standard InChI is InChI=1S/C22H24N4O2/c1-25-11-13-26(14-12-25)24-22(27)19-15-21(16-7-9-17(28-2)10-8-16)23-20-6-4-3-5-18(19)20/h3-10,15H,11-14H2,1-2H3,(H,24,27). The van der Waals surface area contributed by atoms with E-state index in [-0.39, 0.29) is 5.91 Å². The molecule has 144 valence electrons. The van der Waals surface area contributed by atoms with E-state index < -0.39 is 0 Å². The Morgan fingerprint density at radius 1 is 1.04 bits per heavy atom. The van der Waals surface area contributed by atoms with Crippen LogP contribution in [-0.4, -0.2) is 61.1 Å². The largest absolute Gasteiger partial charge is 0.497 e. The molecule has 2 aromatic carbocycles. The third kappa shape index (κ3) is 3.83. The number of benzene rings is 2. The Hall–Kier alpha value is -2.96. The average Bonchev–Trinajstić information content (AvgIpc) is 2.74. The molecule has 1 fully saturated rings. The predicted octanol–water partition coefficient (Wildman–Crippen LogP) is 2.80. The highest BCUT2D eigenvalue weighted by molar-refractivity contribution is 6.07. The number of nitrogens with zero attached hydrogens (tertiary/aromatic N) is 3. The van der Waals surface area contributed by atoms with Gasteiger partial charge in [-0.05, 0) is 43.4 Å². The smallest absolute Gasteiger partial charge is 0.266 e. The Morgan fingerprint density at radius 2 is 1.75 bits per heavy atom. The minimum absolute atomic E-state index is 0.0992. The normalized spacial score (nSPS) is 15.5. The number of nitrogens with one attached hydrogen (secondary N) is 1. The van der Waals surface area contributed by atoms with Gasteiger partial charge in [0.2, 0.25) is 0 Å². The number of piperazine rings is 1. The third-order valence-electron chi connectivity index (χ3n) is 5.11. The molecule has 2 heterocycles. The summed E-state index contributed by atoms with van der Waals surface area (Å²) >= 11 is 0. The summed E-state index contributed by atoms with van der Waals surface area (Å²) in [6.07, 6.45) is 0. The van der Waals surface area contributed by atoms with Gasteiger partial charge in [0.1, 0.15) is 5.75 Å². The van der Waals surface area contributed by atoms with Crippen LogP contribution in [0.1, 0.15) is 10.4 Å². The topological polar surface area (TPSA) is 57.7 Å². The molecule has 1 aliphatic rings. The van der Waals surface area contributed by atoms with Crippen LogP contribution in [0, 0.1) is 0 Å². The molecule has 6 heteroatoms. The van der Waals surface area contributed by atoms with Gasteiger partial charge in [-0.25, -0.2) is 9.99 Å². The van der Waals surface area contributed by atoms with Crippen molar-refractivity contribution in [3.05, 3.63) is 60.2 Å². The molecule has 0 radical (unpaired) electrons. The Labute approximate surface area is 164 Å². The van der Waals surface area contributed by atoms with Crippen LogP contribution in [-0.2, 0) is 0 Å². The molecular formula is C22H24N4O2. The van der Waals surface area contributed by atoms with E-state index >= 15 is 0 Å². The summed E-state index contributed by atoms with van der Waals surface area (Å²) < 4.78 is 5.24. The Kier molecular flexibility index (Phi) is 5.23. The van der Waals surface area contributed by atoms with Gasteiger partial charge in [-0.15, -0.1) is 0 Å². The highest BCUT2D eigenvalue weighted by Gasteiger charge is 2.19. The Morgan fingerprint density at radius 3 is 2.46 bits per heavy atom. The quantitative estimate of drug-likeness (QED) is 0.759. The molecule has 1 aromatic heterocycles. The maximum absolute atomic E-state index is 13.1. The third-order valence-corrected chi connectivity index (χ3v) is 5.11. The van der Waals surface area contributed by atoms with Gasteiger partial charge in [-0.3, -0.25) is 10.2 Å². The summed E-state index contributed by atoms with van der Waals surface area (Å²) in [5.41, 5.74) is 6.22. The number of para-hydroxylation sites is 1. The number of hydrogen-bond donors (Lipinski definition) is 1. The van der Waals surface area contributed by atoms with E-state index in [0.717, 1.165) is 54.1 Å². The molecule has 1 aliphatic heterocycles. The lowest BCUT2D eigenvalue weighted by Crippen LogP contribution is -2.52. The first kappa shape index (κ1) is 18.4. The second-order valence-electron chi connectivity index (χ2n) is 7.03. The molecule has 28 heavy (non-hydrogen) atoms. The lowest BCUT2D eigenvalue weighted by molar-refractivity contribution is 0.0664. The first-order valence-corrected chi connectivity index (χ1v) is 9.43. The number of aromatic nitrogens is 1. The number of likely N-dealkylation sites (N-methyl/N-ethyl adjacent to an activating group) is 1. The van der Waals surface area contributed by atoms with Crippen LogP contribution < -0.4 is 10.2 Å². The number of hydrogen-bond acceptors (Lipinski definition) is 5. The molecule has 0 spiro atoms. The van der Waals surface area contributed by atoms with E-state index in [9.17, 15) is 4.79 Å². The van der Waals surface area contributed by atoms with Crippen molar-refractivity contribution < 1.29 is 9.53 Å². The molecular weight excluding hydrogens is 352 g/mol. The van der Waals surface area contributed by atoms with Crippen LogP contribution in [0.3, 0.4) is 0 Å². The van der Waals surface area contributed by atoms with Crippen LogP contribution in [0.2, 0.25) is 0 Å². The van der Waals surface area contributed by atoms with Gasteiger partial charge in [0.25, 0.3) is 5.91 Å². The van der Waals surface area contributed by atoms with Crippen molar-refractivity contribution in [3.8, 4) is 17.0 Å². The number of fused-ring (bicyclic) bond motifs is 1. The summed E-state index contributed by atoms with van der Waals surface area (Å²) in [4.78, 5) is 20.1. The van der Waals surface area contributed by atoms with E-state index in [2.05, 4.69) is 17.4 Å². The minimum Gasteiger partial charge on any atom is -0.497 e. The van der Waals surface area contributed by atoms with Gasteiger partial charge in [-0.1, -0.05) is 18.2 Å². The summed E-state index contributed by atoms with van der Waals surface area (Å²) in [5, 5.41) is 2.84. The van der Waals surface area contributed by atoms with Crippen LogP contribution in [0.4, 0.5) is 0 Å². The number of carbonyl (C=O) groups excluding carboxylic acids is 1. The maximum atomic E-state index is 13.1. The fraction of sp³-hybridized carbons (Fsp3) is 0.273. The molecule has 1 saturated heterocycles. The Bertz CT molecular complexity index is 979. The summed E-state index contributed by atoms with van der Waals surface area (Å²) in [5.74, 6) is 0.690. The number of hydrazine groups is 1. The minimum atomic E-state index is -0.0992. The monoisotopic (exact) mass is 376 g/mol. The molecule has 0 unspecified atom stereocenters. The van der Waals surface area contributed by atoms with Crippen molar-refractivity contribution >= 4 is 16.8 Å². The first-order chi connectivity index (χ1) is 13.6. The van der Waals surface area contributed by atoms with Crippen molar-refractivity contribution in [1.29, 1.82) is 0 Å². The van der Waals surface area contributed by atoms with E-state index in [4.69, 9.17) is 9.72 Å². The average molecular weight is 376 g/mol. The first-order valence-electron chi connectivity index (χ1n) is 9.43. The number of carbonyl (C=O) groups is 1. The summed E-state index contributed by atoms with van der Waals surface area (Å²) in [7, 11) is 3.74. The second-order valence-corrected chi connectivity index (χ2v) is 7.03. The Balaban J connectivity index is 1.68. The number of ether oxygens (including phenoxy) is 1. The highest BCUT2D eigenvalue weighted by atomic mass is 16.5. The van der Waals surface area contributed by atoms with Crippen LogP contribution in [0.25, 0.3) is 22.2 Å². The molecule has 3 aromatic rings. The zero-order valence-electron chi connectivity index (χ0n) is 16.2. The van der Waals surface area contributed by atoms with E-state index in [1.807, 2.05) is 59.6 Å². The van der Waals surface area contributed by atoms with E-state index in [0.29, 0.717) is 5.56 Å². The van der Waals surface area contributed by atoms with E-state index in [1.165, 1.54) is 0 Å². The molecule has 0 bridgehead atoms. The van der Waals surface area contributed by atoms with Crippen LogP contribution in [0.15, 0.2) is 54.6 Å². The van der Waals surface area contributed by atoms with Crippen molar-refractivity contribution in [1.82, 2.24) is 20.3 Å². The van der Waals surface area contributed by atoms with Gasteiger partial charge in [0.15, 0.2) is 0 Å². The molecule has 1 N–H and O–H groups in total. The van der Waals surface area contributed by atoms with Gasteiger partial charge < -0.3 is 9.64 Å². The predicted molar refractivity (Wildman–Crippen MR) is 110 cm³/mol.